The van der Waals surface area contributed by atoms with Gasteiger partial charge in [0.2, 0.25) is 5.91 Å². The average Bonchev–Trinajstić information content (AvgIpc) is 3.13. The number of aromatic nitrogens is 1. The summed E-state index contributed by atoms with van der Waals surface area (Å²) in [4.78, 5) is 21.0. The zero-order valence-electron chi connectivity index (χ0n) is 13.5. The molecule has 2 fully saturated rings. The van der Waals surface area contributed by atoms with E-state index in [4.69, 9.17) is 0 Å². The number of carbonyl (C=O) groups is 1. The molecule has 1 atom stereocenters. The fourth-order valence-corrected chi connectivity index (χ4v) is 3.90. The molecule has 1 amide bonds. The van der Waals surface area contributed by atoms with Gasteiger partial charge in [0.25, 0.3) is 0 Å². The van der Waals surface area contributed by atoms with E-state index in [-0.39, 0.29) is 17.1 Å². The van der Waals surface area contributed by atoms with E-state index in [2.05, 4.69) is 9.88 Å². The highest BCUT2D eigenvalue weighted by Gasteiger charge is 2.47. The minimum absolute atomic E-state index is 0.0225. The van der Waals surface area contributed by atoms with Gasteiger partial charge in [0.1, 0.15) is 11.6 Å². The Balaban J connectivity index is 1.44. The van der Waals surface area contributed by atoms with Gasteiger partial charge in [-0.2, -0.15) is 0 Å². The van der Waals surface area contributed by atoms with Crippen LogP contribution in [0.1, 0.15) is 18.4 Å². The summed E-state index contributed by atoms with van der Waals surface area (Å²) in [6.45, 7) is 3.42. The zero-order chi connectivity index (χ0) is 16.6. The van der Waals surface area contributed by atoms with Crippen molar-refractivity contribution in [2.45, 2.75) is 19.4 Å². The summed E-state index contributed by atoms with van der Waals surface area (Å²) in [5.41, 5.74) is 1.13. The van der Waals surface area contributed by atoms with Crippen molar-refractivity contribution in [1.82, 2.24) is 9.88 Å². The number of amides is 1. The van der Waals surface area contributed by atoms with Crippen molar-refractivity contribution >= 4 is 11.7 Å². The molecule has 0 bridgehead atoms. The molecule has 0 N–H and O–H groups in total. The number of halogens is 1. The Morgan fingerprint density at radius 2 is 1.96 bits per heavy atom. The van der Waals surface area contributed by atoms with Crippen molar-refractivity contribution in [2.75, 3.05) is 24.5 Å². The van der Waals surface area contributed by atoms with Crippen LogP contribution in [-0.2, 0) is 11.3 Å². The molecular weight excluding hydrogens is 305 g/mol. The standard InChI is InChI=1S/C19H20FN3O/c20-16-6-4-15(5-7-16)12-22-10-8-19(13-22)11-18(24)23(14-19)17-3-1-2-9-21-17/h1-7,9H,8,10-14H2. The smallest absolute Gasteiger partial charge is 0.228 e. The van der Waals surface area contributed by atoms with Crippen molar-refractivity contribution in [3.8, 4) is 0 Å². The van der Waals surface area contributed by atoms with Gasteiger partial charge in [-0.15, -0.1) is 0 Å². The molecule has 5 heteroatoms. The Morgan fingerprint density at radius 3 is 2.71 bits per heavy atom. The highest BCUT2D eigenvalue weighted by Crippen LogP contribution is 2.41. The summed E-state index contributed by atoms with van der Waals surface area (Å²) >= 11 is 0. The van der Waals surface area contributed by atoms with Crippen LogP contribution in [0.3, 0.4) is 0 Å². The highest BCUT2D eigenvalue weighted by molar-refractivity contribution is 5.95. The molecule has 24 heavy (non-hydrogen) atoms. The minimum atomic E-state index is -0.205. The zero-order valence-corrected chi connectivity index (χ0v) is 13.5. The molecular formula is C19H20FN3O. The number of carbonyl (C=O) groups excluding carboxylic acids is 1. The molecule has 2 aliphatic rings. The van der Waals surface area contributed by atoms with E-state index in [0.717, 1.165) is 44.0 Å². The monoisotopic (exact) mass is 325 g/mol. The van der Waals surface area contributed by atoms with E-state index in [1.165, 1.54) is 12.1 Å². The lowest BCUT2D eigenvalue weighted by Gasteiger charge is -2.24. The number of nitrogens with zero attached hydrogens (tertiary/aromatic N) is 3. The number of rotatable bonds is 3. The number of likely N-dealkylation sites (tertiary alicyclic amines) is 1. The van der Waals surface area contributed by atoms with E-state index in [9.17, 15) is 9.18 Å². The summed E-state index contributed by atoms with van der Waals surface area (Å²) in [5, 5.41) is 0. The number of pyridine rings is 1. The molecule has 124 valence electrons. The van der Waals surface area contributed by atoms with Crippen LogP contribution in [-0.4, -0.2) is 35.4 Å². The maximum absolute atomic E-state index is 13.0. The molecule has 1 aromatic heterocycles. The second-order valence-electron chi connectivity index (χ2n) is 6.93. The van der Waals surface area contributed by atoms with Crippen LogP contribution in [0.5, 0.6) is 0 Å². The molecule has 0 aliphatic carbocycles. The molecule has 2 aliphatic heterocycles. The Hall–Kier alpha value is -2.27. The average molecular weight is 325 g/mol. The minimum Gasteiger partial charge on any atom is -0.298 e. The fraction of sp³-hybridized carbons (Fsp3) is 0.368. The Kier molecular flexibility index (Phi) is 3.81. The third-order valence-electron chi connectivity index (χ3n) is 5.08. The first-order valence-electron chi connectivity index (χ1n) is 8.32. The van der Waals surface area contributed by atoms with E-state index in [1.54, 1.807) is 6.20 Å². The van der Waals surface area contributed by atoms with Crippen molar-refractivity contribution in [2.24, 2.45) is 5.41 Å². The normalized spacial score (nSPS) is 24.2. The van der Waals surface area contributed by atoms with Gasteiger partial charge in [0, 0.05) is 37.7 Å². The summed E-state index contributed by atoms with van der Waals surface area (Å²) in [6, 6.07) is 12.3. The number of anilines is 1. The van der Waals surface area contributed by atoms with E-state index < -0.39 is 0 Å². The van der Waals surface area contributed by atoms with Crippen molar-refractivity contribution < 1.29 is 9.18 Å². The van der Waals surface area contributed by atoms with Crippen molar-refractivity contribution in [1.29, 1.82) is 0 Å². The molecule has 0 radical (unpaired) electrons. The lowest BCUT2D eigenvalue weighted by atomic mass is 9.86. The van der Waals surface area contributed by atoms with Gasteiger partial charge >= 0.3 is 0 Å². The van der Waals surface area contributed by atoms with E-state index >= 15 is 0 Å². The van der Waals surface area contributed by atoms with Crippen LogP contribution >= 0.6 is 0 Å². The van der Waals surface area contributed by atoms with E-state index in [1.807, 2.05) is 35.2 Å². The number of hydrogen-bond acceptors (Lipinski definition) is 3. The summed E-state index contributed by atoms with van der Waals surface area (Å²) in [6.07, 6.45) is 3.33. The molecule has 2 aromatic rings. The number of hydrogen-bond donors (Lipinski definition) is 0. The molecule has 4 nitrogen and oxygen atoms in total. The van der Waals surface area contributed by atoms with Gasteiger partial charge in [0.15, 0.2) is 0 Å². The Labute approximate surface area is 140 Å². The molecule has 4 rings (SSSR count). The van der Waals surface area contributed by atoms with Crippen molar-refractivity contribution in [3.63, 3.8) is 0 Å². The van der Waals surface area contributed by atoms with Crippen LogP contribution < -0.4 is 4.90 Å². The second-order valence-corrected chi connectivity index (χ2v) is 6.93. The third kappa shape index (κ3) is 2.91. The van der Waals surface area contributed by atoms with Gasteiger partial charge in [-0.25, -0.2) is 9.37 Å². The molecule has 0 saturated carbocycles. The largest absolute Gasteiger partial charge is 0.298 e. The second kappa shape index (κ2) is 5.98. The first-order chi connectivity index (χ1) is 11.6. The topological polar surface area (TPSA) is 36.4 Å². The van der Waals surface area contributed by atoms with Crippen LogP contribution in [0.15, 0.2) is 48.7 Å². The SMILES string of the molecule is O=C1CC2(CCN(Cc3ccc(F)cc3)C2)CN1c1ccccn1. The molecule has 1 unspecified atom stereocenters. The maximum Gasteiger partial charge on any atom is 0.228 e. The predicted molar refractivity (Wildman–Crippen MR) is 89.9 cm³/mol. The first-order valence-corrected chi connectivity index (χ1v) is 8.32. The van der Waals surface area contributed by atoms with Gasteiger partial charge in [0.05, 0.1) is 0 Å². The van der Waals surface area contributed by atoms with Crippen LogP contribution in [0.4, 0.5) is 10.2 Å². The molecule has 2 saturated heterocycles. The van der Waals surface area contributed by atoms with Crippen LogP contribution in [0.25, 0.3) is 0 Å². The lowest BCUT2D eigenvalue weighted by Crippen LogP contribution is -2.31. The van der Waals surface area contributed by atoms with Crippen LogP contribution in [0.2, 0.25) is 0 Å². The highest BCUT2D eigenvalue weighted by atomic mass is 19.1. The van der Waals surface area contributed by atoms with Gasteiger partial charge < -0.3 is 0 Å². The van der Waals surface area contributed by atoms with Crippen molar-refractivity contribution in [3.05, 3.63) is 60.0 Å². The molecule has 1 aromatic carbocycles. The maximum atomic E-state index is 13.0. The summed E-state index contributed by atoms with van der Waals surface area (Å²) in [5.74, 6) is 0.706. The third-order valence-corrected chi connectivity index (χ3v) is 5.08. The predicted octanol–water partition coefficient (Wildman–Crippen LogP) is 2.85. The molecule has 3 heterocycles. The Morgan fingerprint density at radius 1 is 1.12 bits per heavy atom. The van der Waals surface area contributed by atoms with Crippen LogP contribution in [0, 0.1) is 11.2 Å². The summed E-state index contributed by atoms with van der Waals surface area (Å²) < 4.78 is 13.0. The van der Waals surface area contributed by atoms with Gasteiger partial charge in [-0.3, -0.25) is 14.6 Å². The Bertz CT molecular complexity index is 734. The quantitative estimate of drug-likeness (QED) is 0.871. The first kappa shape index (κ1) is 15.3. The number of benzene rings is 1. The lowest BCUT2D eigenvalue weighted by molar-refractivity contribution is -0.117. The fourth-order valence-electron chi connectivity index (χ4n) is 3.90. The van der Waals surface area contributed by atoms with Gasteiger partial charge in [-0.1, -0.05) is 18.2 Å². The van der Waals surface area contributed by atoms with Gasteiger partial charge in [-0.05, 0) is 42.8 Å². The van der Waals surface area contributed by atoms with E-state index in [0.29, 0.717) is 6.42 Å². The molecule has 1 spiro atoms. The summed E-state index contributed by atoms with van der Waals surface area (Å²) in [7, 11) is 0.